The van der Waals surface area contributed by atoms with Crippen LogP contribution in [0.4, 0.5) is 4.79 Å². The van der Waals surface area contributed by atoms with E-state index in [1.54, 1.807) is 4.90 Å². The first kappa shape index (κ1) is 15.1. The van der Waals surface area contributed by atoms with Crippen molar-refractivity contribution in [2.75, 3.05) is 6.54 Å². The first-order valence-corrected chi connectivity index (χ1v) is 7.81. The summed E-state index contributed by atoms with van der Waals surface area (Å²) in [6.07, 6.45) is 5.43. The highest BCUT2D eigenvalue weighted by Gasteiger charge is 2.37. The Kier molecular flexibility index (Phi) is 4.89. The van der Waals surface area contributed by atoms with Gasteiger partial charge in [0.15, 0.2) is 0 Å². The number of hydrogen-bond donors (Lipinski definition) is 2. The van der Waals surface area contributed by atoms with Gasteiger partial charge in [0.2, 0.25) is 0 Å². The highest BCUT2D eigenvalue weighted by atomic mass is 16.4. The van der Waals surface area contributed by atoms with E-state index in [1.807, 2.05) is 0 Å². The summed E-state index contributed by atoms with van der Waals surface area (Å²) in [7, 11) is 0. The minimum Gasteiger partial charge on any atom is -0.481 e. The third-order valence-corrected chi connectivity index (χ3v) is 4.88. The highest BCUT2D eigenvalue weighted by Crippen LogP contribution is 2.34. The summed E-state index contributed by atoms with van der Waals surface area (Å²) in [5, 5.41) is 11.9. The fraction of sp³-hybridized carbons (Fsp3) is 0.867. The third-order valence-electron chi connectivity index (χ3n) is 4.88. The molecular weight excluding hydrogens is 256 g/mol. The molecule has 20 heavy (non-hydrogen) atoms. The predicted octanol–water partition coefficient (Wildman–Crippen LogP) is 2.46. The average molecular weight is 282 g/mol. The molecule has 2 N–H and O–H groups in total. The van der Waals surface area contributed by atoms with Crippen molar-refractivity contribution in [1.82, 2.24) is 10.2 Å². The summed E-state index contributed by atoms with van der Waals surface area (Å²) in [4.78, 5) is 24.8. The molecule has 3 unspecified atom stereocenters. The van der Waals surface area contributed by atoms with Crippen LogP contribution in [0.2, 0.25) is 0 Å². The standard InChI is InChI=1S/C15H26N2O3/c1-3-11-4-7-13(10(11)2)16-15(20)17(12-5-6-12)9-8-14(18)19/h10-13H,3-9H2,1-2H3,(H,16,20)(H,18,19). The fourth-order valence-electron chi connectivity index (χ4n) is 3.32. The van der Waals surface area contributed by atoms with E-state index in [1.165, 1.54) is 12.8 Å². The Balaban J connectivity index is 1.87. The molecule has 0 spiro atoms. The summed E-state index contributed by atoms with van der Waals surface area (Å²) in [6.45, 7) is 4.74. The van der Waals surface area contributed by atoms with E-state index in [4.69, 9.17) is 5.11 Å². The second-order valence-corrected chi connectivity index (χ2v) is 6.23. The number of carboxylic acid groups (broad SMARTS) is 1. The Morgan fingerprint density at radius 1 is 1.25 bits per heavy atom. The molecule has 0 saturated heterocycles. The largest absolute Gasteiger partial charge is 0.481 e. The van der Waals surface area contributed by atoms with Crippen LogP contribution in [-0.2, 0) is 4.79 Å². The number of nitrogens with zero attached hydrogens (tertiary/aromatic N) is 1. The number of carbonyl (C=O) groups excluding carboxylic acids is 1. The van der Waals surface area contributed by atoms with E-state index in [9.17, 15) is 9.59 Å². The number of aliphatic carboxylic acids is 1. The van der Waals surface area contributed by atoms with Gasteiger partial charge in [0.1, 0.15) is 0 Å². The molecule has 0 aromatic rings. The van der Waals surface area contributed by atoms with Gasteiger partial charge in [0.25, 0.3) is 0 Å². The maximum absolute atomic E-state index is 12.4. The number of rotatable bonds is 6. The van der Waals surface area contributed by atoms with Crippen molar-refractivity contribution in [3.63, 3.8) is 0 Å². The first-order valence-electron chi connectivity index (χ1n) is 7.81. The lowest BCUT2D eigenvalue weighted by Crippen LogP contribution is -2.47. The lowest BCUT2D eigenvalue weighted by molar-refractivity contribution is -0.137. The van der Waals surface area contributed by atoms with Crippen LogP contribution >= 0.6 is 0 Å². The second-order valence-electron chi connectivity index (χ2n) is 6.23. The van der Waals surface area contributed by atoms with Gasteiger partial charge >= 0.3 is 12.0 Å². The van der Waals surface area contributed by atoms with E-state index in [2.05, 4.69) is 19.2 Å². The summed E-state index contributed by atoms with van der Waals surface area (Å²) < 4.78 is 0. The molecule has 2 aliphatic rings. The molecule has 5 heteroatoms. The normalized spacial score (nSPS) is 29.2. The molecule has 2 amide bonds. The molecule has 0 aromatic carbocycles. The van der Waals surface area contributed by atoms with Crippen LogP contribution in [0.3, 0.4) is 0 Å². The minimum absolute atomic E-state index is 0.0295. The average Bonchev–Trinajstić information content (AvgIpc) is 3.16. The van der Waals surface area contributed by atoms with Gasteiger partial charge < -0.3 is 15.3 Å². The van der Waals surface area contributed by atoms with Gasteiger partial charge in [0, 0.05) is 18.6 Å². The number of carboxylic acids is 1. The maximum atomic E-state index is 12.4. The summed E-state index contributed by atoms with van der Waals surface area (Å²) in [6, 6.07) is 0.439. The third kappa shape index (κ3) is 3.64. The molecule has 2 rings (SSSR count). The fourth-order valence-corrected chi connectivity index (χ4v) is 3.32. The van der Waals surface area contributed by atoms with Crippen LogP contribution in [0.5, 0.6) is 0 Å². The summed E-state index contributed by atoms with van der Waals surface area (Å²) in [5.74, 6) is 0.377. The Labute approximate surface area is 120 Å². The summed E-state index contributed by atoms with van der Waals surface area (Å²) in [5.41, 5.74) is 0. The molecule has 3 atom stereocenters. The van der Waals surface area contributed by atoms with E-state index in [0.29, 0.717) is 18.4 Å². The van der Waals surface area contributed by atoms with Gasteiger partial charge in [-0.05, 0) is 37.5 Å². The Morgan fingerprint density at radius 3 is 2.45 bits per heavy atom. The Morgan fingerprint density at radius 2 is 1.95 bits per heavy atom. The zero-order valence-electron chi connectivity index (χ0n) is 12.5. The monoisotopic (exact) mass is 282 g/mol. The molecule has 0 radical (unpaired) electrons. The number of nitrogens with one attached hydrogen (secondary N) is 1. The molecule has 114 valence electrons. The maximum Gasteiger partial charge on any atom is 0.317 e. The topological polar surface area (TPSA) is 69.6 Å². The highest BCUT2D eigenvalue weighted by molar-refractivity contribution is 5.76. The van der Waals surface area contributed by atoms with Crippen LogP contribution in [0.1, 0.15) is 52.4 Å². The van der Waals surface area contributed by atoms with Crippen molar-refractivity contribution < 1.29 is 14.7 Å². The van der Waals surface area contributed by atoms with E-state index in [-0.39, 0.29) is 24.5 Å². The van der Waals surface area contributed by atoms with Crippen LogP contribution in [-0.4, -0.2) is 40.6 Å². The van der Waals surface area contributed by atoms with Gasteiger partial charge in [-0.3, -0.25) is 4.79 Å². The van der Waals surface area contributed by atoms with Gasteiger partial charge in [-0.1, -0.05) is 20.3 Å². The van der Waals surface area contributed by atoms with Crippen LogP contribution < -0.4 is 5.32 Å². The predicted molar refractivity (Wildman–Crippen MR) is 76.5 cm³/mol. The van der Waals surface area contributed by atoms with Crippen molar-refractivity contribution in [2.45, 2.75) is 64.5 Å². The van der Waals surface area contributed by atoms with E-state index >= 15 is 0 Å². The molecule has 0 bridgehead atoms. The molecule has 2 aliphatic carbocycles. The quantitative estimate of drug-likeness (QED) is 0.786. The van der Waals surface area contributed by atoms with Gasteiger partial charge in [0.05, 0.1) is 6.42 Å². The summed E-state index contributed by atoms with van der Waals surface area (Å²) >= 11 is 0. The van der Waals surface area contributed by atoms with Crippen molar-refractivity contribution >= 4 is 12.0 Å². The smallest absolute Gasteiger partial charge is 0.317 e. The van der Waals surface area contributed by atoms with Crippen molar-refractivity contribution in [3.8, 4) is 0 Å². The van der Waals surface area contributed by atoms with Crippen LogP contribution in [0.25, 0.3) is 0 Å². The van der Waals surface area contributed by atoms with Gasteiger partial charge in [-0.25, -0.2) is 4.79 Å². The van der Waals surface area contributed by atoms with Crippen molar-refractivity contribution in [3.05, 3.63) is 0 Å². The van der Waals surface area contributed by atoms with Crippen molar-refractivity contribution in [1.29, 1.82) is 0 Å². The molecule has 2 saturated carbocycles. The second kappa shape index (κ2) is 6.46. The minimum atomic E-state index is -0.844. The number of hydrogen-bond acceptors (Lipinski definition) is 2. The lowest BCUT2D eigenvalue weighted by atomic mass is 9.93. The van der Waals surface area contributed by atoms with E-state index in [0.717, 1.165) is 19.3 Å². The van der Waals surface area contributed by atoms with Crippen LogP contribution in [0.15, 0.2) is 0 Å². The zero-order chi connectivity index (χ0) is 14.7. The zero-order valence-corrected chi connectivity index (χ0v) is 12.5. The lowest BCUT2D eigenvalue weighted by Gasteiger charge is -2.27. The van der Waals surface area contributed by atoms with Gasteiger partial charge in [-0.2, -0.15) is 0 Å². The molecular formula is C15H26N2O3. The number of amides is 2. The first-order chi connectivity index (χ1) is 9.52. The molecule has 2 fully saturated rings. The Bertz CT molecular complexity index is 368. The Hall–Kier alpha value is -1.26. The molecule has 0 aliphatic heterocycles. The molecule has 0 aromatic heterocycles. The SMILES string of the molecule is CCC1CCC(NC(=O)N(CCC(=O)O)C2CC2)C1C. The molecule has 5 nitrogen and oxygen atoms in total. The molecule has 0 heterocycles. The van der Waals surface area contributed by atoms with Gasteiger partial charge in [-0.15, -0.1) is 0 Å². The number of urea groups is 1. The van der Waals surface area contributed by atoms with Crippen LogP contribution in [0, 0.1) is 11.8 Å². The van der Waals surface area contributed by atoms with E-state index < -0.39 is 5.97 Å². The number of carbonyl (C=O) groups is 2. The van der Waals surface area contributed by atoms with Crippen molar-refractivity contribution in [2.24, 2.45) is 11.8 Å².